The van der Waals surface area contributed by atoms with E-state index in [4.69, 9.17) is 9.84 Å². The van der Waals surface area contributed by atoms with Gasteiger partial charge in [0.2, 0.25) is 0 Å². The van der Waals surface area contributed by atoms with Gasteiger partial charge in [0.25, 0.3) is 0 Å². The van der Waals surface area contributed by atoms with E-state index in [-0.39, 0.29) is 23.8 Å². The van der Waals surface area contributed by atoms with Gasteiger partial charge in [0, 0.05) is 5.56 Å². The third-order valence-electron chi connectivity index (χ3n) is 1.88. The summed E-state index contributed by atoms with van der Waals surface area (Å²) in [7, 11) is 0. The van der Waals surface area contributed by atoms with Crippen LogP contribution in [0.3, 0.4) is 0 Å². The molecule has 0 saturated heterocycles. The molecule has 0 atom stereocenters. The summed E-state index contributed by atoms with van der Waals surface area (Å²) in [5, 5.41) is 8.69. The van der Waals surface area contributed by atoms with Gasteiger partial charge in [-0.05, 0) is 19.9 Å². The number of hydrogen-bond donors (Lipinski definition) is 1. The van der Waals surface area contributed by atoms with Crippen LogP contribution >= 0.6 is 0 Å². The Bertz CT molecular complexity index is 361. The molecule has 0 amide bonds. The molecule has 1 aromatic rings. The van der Waals surface area contributed by atoms with Gasteiger partial charge in [-0.15, -0.1) is 0 Å². The molecule has 1 N–H and O–H groups in total. The maximum Gasteiger partial charge on any atom is 0.338 e. The second kappa shape index (κ2) is 4.89. The Balaban J connectivity index is 2.89. The highest BCUT2D eigenvalue weighted by atomic mass is 19.1. The van der Waals surface area contributed by atoms with Crippen LogP contribution in [-0.2, 0) is 11.3 Å². The van der Waals surface area contributed by atoms with E-state index in [0.29, 0.717) is 0 Å². The van der Waals surface area contributed by atoms with Crippen molar-refractivity contribution in [1.82, 2.24) is 0 Å². The lowest BCUT2D eigenvalue weighted by Crippen LogP contribution is -2.07. The molecular formula is C11H13FO3. The smallest absolute Gasteiger partial charge is 0.338 e. The lowest BCUT2D eigenvalue weighted by Gasteiger charge is -2.09. The van der Waals surface area contributed by atoms with Crippen LogP contribution in [0.15, 0.2) is 18.2 Å². The zero-order chi connectivity index (χ0) is 11.4. The summed E-state index contributed by atoms with van der Waals surface area (Å²) >= 11 is 0. The number of carboxylic acid groups (broad SMARTS) is 1. The van der Waals surface area contributed by atoms with Crippen LogP contribution in [0.4, 0.5) is 4.39 Å². The number of aromatic carboxylic acids is 1. The van der Waals surface area contributed by atoms with Gasteiger partial charge in [-0.25, -0.2) is 9.18 Å². The fourth-order valence-corrected chi connectivity index (χ4v) is 1.11. The maximum absolute atomic E-state index is 13.5. The van der Waals surface area contributed by atoms with Gasteiger partial charge in [-0.3, -0.25) is 0 Å². The first-order valence-electron chi connectivity index (χ1n) is 4.64. The second-order valence-corrected chi connectivity index (χ2v) is 3.44. The van der Waals surface area contributed by atoms with E-state index in [1.54, 1.807) is 0 Å². The van der Waals surface area contributed by atoms with Gasteiger partial charge in [0.1, 0.15) is 5.82 Å². The lowest BCUT2D eigenvalue weighted by molar-refractivity contribution is 0.0630. The first-order valence-corrected chi connectivity index (χ1v) is 4.64. The van der Waals surface area contributed by atoms with E-state index >= 15 is 0 Å². The first kappa shape index (κ1) is 11.7. The molecule has 0 heterocycles. The highest BCUT2D eigenvalue weighted by Crippen LogP contribution is 2.14. The van der Waals surface area contributed by atoms with E-state index in [1.807, 2.05) is 13.8 Å². The summed E-state index contributed by atoms with van der Waals surface area (Å²) in [4.78, 5) is 10.6. The predicted molar refractivity (Wildman–Crippen MR) is 53.3 cm³/mol. The van der Waals surface area contributed by atoms with E-state index in [9.17, 15) is 9.18 Å². The largest absolute Gasteiger partial charge is 0.478 e. The fourth-order valence-electron chi connectivity index (χ4n) is 1.11. The number of carbonyl (C=O) groups is 1. The summed E-state index contributed by atoms with van der Waals surface area (Å²) < 4.78 is 18.7. The van der Waals surface area contributed by atoms with Crippen molar-refractivity contribution in [3.63, 3.8) is 0 Å². The van der Waals surface area contributed by atoms with Gasteiger partial charge in [0.15, 0.2) is 0 Å². The van der Waals surface area contributed by atoms with Crippen molar-refractivity contribution in [2.24, 2.45) is 0 Å². The molecule has 0 spiro atoms. The first-order chi connectivity index (χ1) is 7.02. The normalized spacial score (nSPS) is 10.7. The van der Waals surface area contributed by atoms with Crippen LogP contribution in [0.25, 0.3) is 0 Å². The van der Waals surface area contributed by atoms with Crippen LogP contribution in [0.1, 0.15) is 29.8 Å². The van der Waals surface area contributed by atoms with Crippen molar-refractivity contribution < 1.29 is 19.0 Å². The third-order valence-corrected chi connectivity index (χ3v) is 1.88. The number of hydrogen-bond acceptors (Lipinski definition) is 2. The summed E-state index contributed by atoms with van der Waals surface area (Å²) in [6, 6.07) is 4.26. The maximum atomic E-state index is 13.5. The number of carboxylic acids is 1. The Morgan fingerprint density at radius 3 is 2.73 bits per heavy atom. The average Bonchev–Trinajstić information content (AvgIpc) is 2.15. The van der Waals surface area contributed by atoms with Gasteiger partial charge in [-0.2, -0.15) is 0 Å². The van der Waals surface area contributed by atoms with Crippen molar-refractivity contribution in [2.75, 3.05) is 0 Å². The molecule has 0 aromatic heterocycles. The van der Waals surface area contributed by atoms with E-state index in [0.717, 1.165) is 0 Å². The molecule has 0 saturated carbocycles. The van der Waals surface area contributed by atoms with Crippen molar-refractivity contribution in [3.8, 4) is 0 Å². The Labute approximate surface area is 87.5 Å². The third kappa shape index (κ3) is 3.02. The Kier molecular flexibility index (Phi) is 3.80. The zero-order valence-electron chi connectivity index (χ0n) is 8.66. The molecule has 82 valence electrons. The molecule has 0 aliphatic rings. The van der Waals surface area contributed by atoms with Gasteiger partial charge >= 0.3 is 5.97 Å². The van der Waals surface area contributed by atoms with Crippen molar-refractivity contribution in [3.05, 3.63) is 35.1 Å². The minimum Gasteiger partial charge on any atom is -0.478 e. The molecular weight excluding hydrogens is 199 g/mol. The molecule has 0 unspecified atom stereocenters. The molecule has 0 radical (unpaired) electrons. The quantitative estimate of drug-likeness (QED) is 0.833. The molecule has 0 fully saturated rings. The van der Waals surface area contributed by atoms with Crippen LogP contribution < -0.4 is 0 Å². The number of halogens is 1. The molecule has 0 bridgehead atoms. The van der Waals surface area contributed by atoms with Crippen molar-refractivity contribution in [1.29, 1.82) is 0 Å². The van der Waals surface area contributed by atoms with Crippen molar-refractivity contribution in [2.45, 2.75) is 26.6 Å². The Morgan fingerprint density at radius 1 is 1.53 bits per heavy atom. The molecule has 1 aromatic carbocycles. The molecule has 15 heavy (non-hydrogen) atoms. The predicted octanol–water partition coefficient (Wildman–Crippen LogP) is 2.45. The molecule has 0 aliphatic carbocycles. The molecule has 1 rings (SSSR count). The highest BCUT2D eigenvalue weighted by Gasteiger charge is 2.13. The fraction of sp³-hybridized carbons (Fsp3) is 0.364. The lowest BCUT2D eigenvalue weighted by atomic mass is 10.1. The minimum atomic E-state index is -1.26. The zero-order valence-corrected chi connectivity index (χ0v) is 8.66. The van der Waals surface area contributed by atoms with Crippen molar-refractivity contribution >= 4 is 5.97 Å². The molecule has 4 heteroatoms. The van der Waals surface area contributed by atoms with Gasteiger partial charge in [-0.1, -0.05) is 12.1 Å². The summed E-state index contributed by atoms with van der Waals surface area (Å²) in [6.07, 6.45) is -0.0158. The molecule has 3 nitrogen and oxygen atoms in total. The van der Waals surface area contributed by atoms with Crippen LogP contribution in [0.5, 0.6) is 0 Å². The second-order valence-electron chi connectivity index (χ2n) is 3.44. The number of rotatable bonds is 4. The number of ether oxygens (including phenoxy) is 1. The molecule has 0 aliphatic heterocycles. The number of benzene rings is 1. The van der Waals surface area contributed by atoms with E-state index in [2.05, 4.69) is 0 Å². The van der Waals surface area contributed by atoms with Crippen LogP contribution in [0.2, 0.25) is 0 Å². The summed E-state index contributed by atoms with van der Waals surface area (Å²) in [5.41, 5.74) is -0.0524. The monoisotopic (exact) mass is 212 g/mol. The Morgan fingerprint density at radius 2 is 2.20 bits per heavy atom. The standard InChI is InChI=1S/C11H13FO3/c1-7(2)15-6-8-4-3-5-9(10(8)12)11(13)14/h3-5,7H,6H2,1-2H3,(H,13,14). The SMILES string of the molecule is CC(C)OCc1cccc(C(=O)O)c1F. The van der Waals surface area contributed by atoms with E-state index in [1.165, 1.54) is 18.2 Å². The topological polar surface area (TPSA) is 46.5 Å². The van der Waals surface area contributed by atoms with Gasteiger partial charge in [0.05, 0.1) is 18.3 Å². The van der Waals surface area contributed by atoms with Crippen LogP contribution in [0, 0.1) is 5.82 Å². The average molecular weight is 212 g/mol. The minimum absolute atomic E-state index is 0.0158. The summed E-state index contributed by atoms with van der Waals surface area (Å²) in [5.74, 6) is -1.98. The van der Waals surface area contributed by atoms with E-state index < -0.39 is 11.8 Å². The summed E-state index contributed by atoms with van der Waals surface area (Å²) in [6.45, 7) is 3.75. The van der Waals surface area contributed by atoms with Gasteiger partial charge < -0.3 is 9.84 Å². The van der Waals surface area contributed by atoms with Crippen LogP contribution in [-0.4, -0.2) is 17.2 Å². The Hall–Kier alpha value is -1.42. The highest BCUT2D eigenvalue weighted by molar-refractivity contribution is 5.88.